The van der Waals surface area contributed by atoms with E-state index in [1.807, 2.05) is 0 Å². The predicted octanol–water partition coefficient (Wildman–Crippen LogP) is 5.92. The third-order valence-electron chi connectivity index (χ3n) is 5.14. The van der Waals surface area contributed by atoms with Gasteiger partial charge in [0.2, 0.25) is 0 Å². The van der Waals surface area contributed by atoms with E-state index in [-0.39, 0.29) is 11.4 Å². The second-order valence-electron chi connectivity index (χ2n) is 7.58. The predicted molar refractivity (Wildman–Crippen MR) is 105 cm³/mol. The summed E-state index contributed by atoms with van der Waals surface area (Å²) in [6.45, 7) is 6.62. The third-order valence-corrected chi connectivity index (χ3v) is 5.14. The molecular weight excluding hydrogens is 308 g/mol. The lowest BCUT2D eigenvalue weighted by Gasteiger charge is -2.25. The fraction of sp³-hybridized carbons (Fsp3) is 0.348. The summed E-state index contributed by atoms with van der Waals surface area (Å²) in [4.78, 5) is 11.3. The summed E-state index contributed by atoms with van der Waals surface area (Å²) < 4.78 is 4.74. The van der Waals surface area contributed by atoms with Gasteiger partial charge < -0.3 is 4.74 Å². The largest absolute Gasteiger partial charge is 0.469 e. The van der Waals surface area contributed by atoms with Crippen molar-refractivity contribution in [2.24, 2.45) is 0 Å². The number of ether oxygens (including phenoxy) is 1. The van der Waals surface area contributed by atoms with Crippen LogP contribution in [0.5, 0.6) is 0 Å². The Kier molecular flexibility index (Phi) is 4.80. The number of rotatable bonds is 5. The number of carbonyl (C=O) groups is 1. The van der Waals surface area contributed by atoms with Gasteiger partial charge in [0.15, 0.2) is 0 Å². The van der Waals surface area contributed by atoms with Crippen molar-refractivity contribution in [1.82, 2.24) is 0 Å². The normalized spacial score (nSPS) is 11.8. The van der Waals surface area contributed by atoms with Crippen LogP contribution in [0, 0.1) is 6.92 Å². The number of methoxy groups -OCH3 is 1. The molecule has 0 heterocycles. The Labute approximate surface area is 149 Å². The zero-order chi connectivity index (χ0) is 18.0. The Balaban J connectivity index is 1.90. The highest BCUT2D eigenvalue weighted by Gasteiger charge is 2.21. The van der Waals surface area contributed by atoms with Gasteiger partial charge in [-0.2, -0.15) is 0 Å². The van der Waals surface area contributed by atoms with Crippen molar-refractivity contribution in [3.8, 4) is 0 Å². The molecule has 0 spiro atoms. The van der Waals surface area contributed by atoms with Gasteiger partial charge in [-0.25, -0.2) is 0 Å². The molecule has 0 saturated heterocycles. The van der Waals surface area contributed by atoms with Gasteiger partial charge in [-0.3, -0.25) is 4.79 Å². The van der Waals surface area contributed by atoms with Crippen LogP contribution in [-0.4, -0.2) is 13.1 Å². The van der Waals surface area contributed by atoms with Gasteiger partial charge in [0.1, 0.15) is 0 Å². The molecule has 0 aliphatic carbocycles. The fourth-order valence-electron chi connectivity index (χ4n) is 3.46. The van der Waals surface area contributed by atoms with Crippen molar-refractivity contribution < 1.29 is 9.53 Å². The molecule has 0 unspecified atom stereocenters. The summed E-state index contributed by atoms with van der Waals surface area (Å²) in [7, 11) is 1.45. The van der Waals surface area contributed by atoms with E-state index in [9.17, 15) is 4.79 Å². The molecule has 0 saturated carbocycles. The minimum atomic E-state index is -0.129. The summed E-state index contributed by atoms with van der Waals surface area (Å²) >= 11 is 0. The lowest BCUT2D eigenvalue weighted by atomic mass is 9.79. The van der Waals surface area contributed by atoms with Gasteiger partial charge in [0, 0.05) is 6.42 Å². The van der Waals surface area contributed by atoms with E-state index < -0.39 is 0 Å². The molecule has 3 aromatic rings. The van der Waals surface area contributed by atoms with E-state index in [1.165, 1.54) is 39.8 Å². The summed E-state index contributed by atoms with van der Waals surface area (Å²) in [5.41, 5.74) is 2.64. The summed E-state index contributed by atoms with van der Waals surface area (Å²) in [6, 6.07) is 17.9. The molecule has 2 nitrogen and oxygen atoms in total. The van der Waals surface area contributed by atoms with Crippen molar-refractivity contribution in [3.63, 3.8) is 0 Å². The number of esters is 1. The highest BCUT2D eigenvalue weighted by molar-refractivity contribution is 5.98. The van der Waals surface area contributed by atoms with E-state index >= 15 is 0 Å². The molecule has 3 rings (SSSR count). The smallest absolute Gasteiger partial charge is 0.305 e. The highest BCUT2D eigenvalue weighted by Crippen LogP contribution is 2.32. The Hall–Kier alpha value is -2.35. The van der Waals surface area contributed by atoms with Gasteiger partial charge >= 0.3 is 5.97 Å². The summed E-state index contributed by atoms with van der Waals surface area (Å²) in [5, 5.41) is 5.11. The van der Waals surface area contributed by atoms with Crippen LogP contribution < -0.4 is 0 Å². The number of carbonyl (C=O) groups excluding carboxylic acids is 1. The Morgan fingerprint density at radius 3 is 2.24 bits per heavy atom. The first kappa shape index (κ1) is 17.5. The molecule has 25 heavy (non-hydrogen) atoms. The molecule has 0 aromatic heterocycles. The third kappa shape index (κ3) is 3.84. The van der Waals surface area contributed by atoms with Crippen LogP contribution >= 0.6 is 0 Å². The van der Waals surface area contributed by atoms with Gasteiger partial charge in [0.25, 0.3) is 0 Å². The lowest BCUT2D eigenvalue weighted by Crippen LogP contribution is -2.17. The van der Waals surface area contributed by atoms with E-state index in [4.69, 9.17) is 4.74 Å². The van der Waals surface area contributed by atoms with Crippen molar-refractivity contribution in [2.45, 2.75) is 45.4 Å². The number of aryl methyl sites for hydroxylation is 1. The fourth-order valence-corrected chi connectivity index (χ4v) is 3.46. The van der Waals surface area contributed by atoms with E-state index in [0.717, 1.165) is 12.8 Å². The van der Waals surface area contributed by atoms with Crippen molar-refractivity contribution in [3.05, 3.63) is 59.7 Å². The quantitative estimate of drug-likeness (QED) is 0.427. The Morgan fingerprint density at radius 1 is 0.920 bits per heavy atom. The monoisotopic (exact) mass is 334 g/mol. The minimum absolute atomic E-state index is 0.0322. The number of benzene rings is 3. The van der Waals surface area contributed by atoms with Gasteiger partial charge in [-0.05, 0) is 64.4 Å². The maximum atomic E-state index is 11.3. The van der Waals surface area contributed by atoms with Crippen molar-refractivity contribution >= 4 is 27.5 Å². The van der Waals surface area contributed by atoms with E-state index in [2.05, 4.69) is 69.3 Å². The average molecular weight is 334 g/mol. The number of fused-ring (bicyclic) bond motifs is 2. The standard InChI is InChI=1S/C23H26O2/c1-16-7-8-17-14-20-15-21(10-9-18(20)13-19(17)12-16)23(2,3)11-5-6-22(24)25-4/h7-10,12-15H,5-6,11H2,1-4H3. The van der Waals surface area contributed by atoms with Gasteiger partial charge in [-0.1, -0.05) is 55.8 Å². The molecule has 0 atom stereocenters. The van der Waals surface area contributed by atoms with Gasteiger partial charge in [0.05, 0.1) is 7.11 Å². The molecule has 130 valence electrons. The van der Waals surface area contributed by atoms with Crippen LogP contribution in [0.4, 0.5) is 0 Å². The zero-order valence-corrected chi connectivity index (χ0v) is 15.6. The number of hydrogen-bond donors (Lipinski definition) is 0. The summed E-state index contributed by atoms with van der Waals surface area (Å²) in [5.74, 6) is -0.129. The molecular formula is C23H26O2. The zero-order valence-electron chi connectivity index (χ0n) is 15.6. The average Bonchev–Trinajstić information content (AvgIpc) is 2.59. The molecule has 0 aliphatic heterocycles. The van der Waals surface area contributed by atoms with Crippen LogP contribution in [0.1, 0.15) is 44.2 Å². The first-order valence-corrected chi connectivity index (χ1v) is 8.90. The molecule has 0 bridgehead atoms. The van der Waals surface area contributed by atoms with E-state index in [0.29, 0.717) is 6.42 Å². The Bertz CT molecular complexity index is 922. The van der Waals surface area contributed by atoms with Gasteiger partial charge in [-0.15, -0.1) is 0 Å². The van der Waals surface area contributed by atoms with Crippen molar-refractivity contribution in [1.29, 1.82) is 0 Å². The SMILES string of the molecule is COC(=O)CCCC(C)(C)c1ccc2cc3cc(C)ccc3cc2c1. The van der Waals surface area contributed by atoms with Crippen LogP contribution in [-0.2, 0) is 14.9 Å². The minimum Gasteiger partial charge on any atom is -0.469 e. The topological polar surface area (TPSA) is 26.3 Å². The molecule has 0 aliphatic rings. The Morgan fingerprint density at radius 2 is 1.56 bits per heavy atom. The lowest BCUT2D eigenvalue weighted by molar-refractivity contribution is -0.140. The highest BCUT2D eigenvalue weighted by atomic mass is 16.5. The second kappa shape index (κ2) is 6.87. The van der Waals surface area contributed by atoms with Crippen LogP contribution in [0.15, 0.2) is 48.5 Å². The van der Waals surface area contributed by atoms with Crippen LogP contribution in [0.25, 0.3) is 21.5 Å². The molecule has 0 fully saturated rings. The summed E-state index contributed by atoms with van der Waals surface area (Å²) in [6.07, 6.45) is 2.28. The van der Waals surface area contributed by atoms with Crippen LogP contribution in [0.3, 0.4) is 0 Å². The van der Waals surface area contributed by atoms with E-state index in [1.54, 1.807) is 0 Å². The van der Waals surface area contributed by atoms with Crippen molar-refractivity contribution in [2.75, 3.05) is 7.11 Å². The first-order valence-electron chi connectivity index (χ1n) is 8.90. The van der Waals surface area contributed by atoms with Crippen LogP contribution in [0.2, 0.25) is 0 Å². The maximum Gasteiger partial charge on any atom is 0.305 e. The molecule has 0 N–H and O–H groups in total. The maximum absolute atomic E-state index is 11.3. The molecule has 0 radical (unpaired) electrons. The molecule has 3 aromatic carbocycles. The first-order chi connectivity index (χ1) is 11.9. The molecule has 2 heteroatoms. The molecule has 0 amide bonds. The number of hydrogen-bond acceptors (Lipinski definition) is 2. The second-order valence-corrected chi connectivity index (χ2v) is 7.58.